The van der Waals surface area contributed by atoms with Crippen LogP contribution in [0.15, 0.2) is 18.2 Å². The highest BCUT2D eigenvalue weighted by atomic mass is 19.1. The molecule has 5 heteroatoms. The van der Waals surface area contributed by atoms with Crippen LogP contribution in [0.4, 0.5) is 10.1 Å². The lowest BCUT2D eigenvalue weighted by Gasteiger charge is -2.11. The van der Waals surface area contributed by atoms with Gasteiger partial charge < -0.3 is 15.4 Å². The van der Waals surface area contributed by atoms with Gasteiger partial charge in [0.15, 0.2) is 0 Å². The number of nitrogens with zero attached hydrogens (tertiary/aromatic N) is 1. The Hall–Kier alpha value is -1.78. The van der Waals surface area contributed by atoms with Crippen molar-refractivity contribution in [1.29, 1.82) is 0 Å². The molecule has 0 spiro atoms. The second kappa shape index (κ2) is 5.34. The lowest BCUT2D eigenvalue weighted by molar-refractivity contribution is -0.129. The third kappa shape index (κ3) is 3.42. The molecule has 0 unspecified atom stereocenters. The van der Waals surface area contributed by atoms with Gasteiger partial charge in [0, 0.05) is 20.2 Å². The lowest BCUT2D eigenvalue weighted by Crippen LogP contribution is -2.23. The first-order valence-electron chi connectivity index (χ1n) is 4.88. The zero-order valence-electron chi connectivity index (χ0n) is 9.37. The summed E-state index contributed by atoms with van der Waals surface area (Å²) in [5.41, 5.74) is 5.94. The summed E-state index contributed by atoms with van der Waals surface area (Å²) in [6, 6.07) is 3.89. The maximum absolute atomic E-state index is 12.9. The fraction of sp³-hybridized carbons (Fsp3) is 0.364. The Morgan fingerprint density at radius 3 is 2.81 bits per heavy atom. The van der Waals surface area contributed by atoms with Crippen molar-refractivity contribution >= 4 is 11.6 Å². The molecule has 1 rings (SSSR count). The molecule has 88 valence electrons. The predicted octanol–water partition coefficient (Wildman–Crippen LogP) is 1.26. The van der Waals surface area contributed by atoms with Gasteiger partial charge in [-0.2, -0.15) is 0 Å². The van der Waals surface area contributed by atoms with E-state index in [1.807, 2.05) is 0 Å². The molecule has 1 aromatic carbocycles. The molecule has 0 atom stereocenters. The number of rotatable bonds is 4. The third-order valence-corrected chi connectivity index (χ3v) is 2.05. The van der Waals surface area contributed by atoms with Gasteiger partial charge in [0.25, 0.3) is 0 Å². The average molecular weight is 226 g/mol. The molecule has 0 heterocycles. The van der Waals surface area contributed by atoms with Crippen molar-refractivity contribution in [2.24, 2.45) is 0 Å². The van der Waals surface area contributed by atoms with Crippen LogP contribution in [-0.2, 0) is 4.79 Å². The molecule has 0 fully saturated rings. The van der Waals surface area contributed by atoms with E-state index in [0.29, 0.717) is 5.69 Å². The number of carbonyl (C=O) groups is 1. The molecule has 0 saturated heterocycles. The molecular formula is C11H15FN2O2. The average Bonchev–Trinajstić information content (AvgIpc) is 2.22. The zero-order valence-corrected chi connectivity index (χ0v) is 9.37. The molecule has 0 aliphatic carbocycles. The van der Waals surface area contributed by atoms with Crippen molar-refractivity contribution in [1.82, 2.24) is 4.90 Å². The van der Waals surface area contributed by atoms with Gasteiger partial charge in [0.1, 0.15) is 11.6 Å². The summed E-state index contributed by atoms with van der Waals surface area (Å²) in [7, 11) is 3.33. The minimum Gasteiger partial charge on any atom is -0.491 e. The van der Waals surface area contributed by atoms with Crippen LogP contribution in [0.2, 0.25) is 0 Å². The number of carbonyl (C=O) groups excluding carboxylic acids is 1. The minimum atomic E-state index is -0.414. The summed E-state index contributed by atoms with van der Waals surface area (Å²) in [5.74, 6) is -0.190. The number of benzene rings is 1. The van der Waals surface area contributed by atoms with Gasteiger partial charge in [-0.3, -0.25) is 4.79 Å². The van der Waals surface area contributed by atoms with Crippen LogP contribution in [0.5, 0.6) is 5.75 Å². The van der Waals surface area contributed by atoms with Gasteiger partial charge in [-0.1, -0.05) is 0 Å². The van der Waals surface area contributed by atoms with Gasteiger partial charge in [-0.05, 0) is 12.1 Å². The van der Waals surface area contributed by atoms with Crippen molar-refractivity contribution in [3.63, 3.8) is 0 Å². The molecule has 4 nitrogen and oxygen atoms in total. The molecule has 16 heavy (non-hydrogen) atoms. The zero-order chi connectivity index (χ0) is 12.1. The molecule has 1 aromatic rings. The van der Waals surface area contributed by atoms with E-state index in [-0.39, 0.29) is 24.7 Å². The first kappa shape index (κ1) is 12.3. The van der Waals surface area contributed by atoms with Crippen LogP contribution in [0.25, 0.3) is 0 Å². The van der Waals surface area contributed by atoms with Crippen molar-refractivity contribution in [2.45, 2.75) is 6.42 Å². The van der Waals surface area contributed by atoms with E-state index in [2.05, 4.69) is 0 Å². The van der Waals surface area contributed by atoms with E-state index in [1.165, 1.54) is 23.1 Å². The van der Waals surface area contributed by atoms with Crippen LogP contribution in [-0.4, -0.2) is 31.5 Å². The normalized spacial score (nSPS) is 9.94. The second-order valence-corrected chi connectivity index (χ2v) is 3.57. The first-order valence-corrected chi connectivity index (χ1v) is 4.88. The van der Waals surface area contributed by atoms with Gasteiger partial charge in [0.05, 0.1) is 18.7 Å². The molecule has 0 aliphatic rings. The summed E-state index contributed by atoms with van der Waals surface area (Å²) >= 11 is 0. The first-order chi connectivity index (χ1) is 7.50. The quantitative estimate of drug-likeness (QED) is 0.786. The van der Waals surface area contributed by atoms with Crippen molar-refractivity contribution in [2.75, 3.05) is 26.4 Å². The lowest BCUT2D eigenvalue weighted by atomic mass is 10.3. The summed E-state index contributed by atoms with van der Waals surface area (Å²) in [5, 5.41) is 0. The summed E-state index contributed by atoms with van der Waals surface area (Å²) in [6.07, 6.45) is 0.239. The van der Waals surface area contributed by atoms with E-state index in [9.17, 15) is 9.18 Å². The van der Waals surface area contributed by atoms with Crippen LogP contribution in [0, 0.1) is 5.82 Å². The van der Waals surface area contributed by atoms with Crippen molar-refractivity contribution < 1.29 is 13.9 Å². The fourth-order valence-corrected chi connectivity index (χ4v) is 1.11. The SMILES string of the molecule is CN(C)C(=O)CCOc1cc(F)ccc1N. The van der Waals surface area contributed by atoms with Gasteiger partial charge in [-0.15, -0.1) is 0 Å². The number of nitrogens with two attached hydrogens (primary N) is 1. The van der Waals surface area contributed by atoms with E-state index in [1.54, 1.807) is 14.1 Å². The smallest absolute Gasteiger partial charge is 0.225 e. The molecule has 1 amide bonds. The van der Waals surface area contributed by atoms with Crippen LogP contribution >= 0.6 is 0 Å². The highest BCUT2D eigenvalue weighted by molar-refractivity contribution is 5.75. The van der Waals surface area contributed by atoms with Crippen molar-refractivity contribution in [3.8, 4) is 5.75 Å². The Kier molecular flexibility index (Phi) is 4.10. The Bertz CT molecular complexity index is 380. The Morgan fingerprint density at radius 1 is 1.50 bits per heavy atom. The molecule has 2 N–H and O–H groups in total. The summed E-state index contributed by atoms with van der Waals surface area (Å²) in [4.78, 5) is 12.7. The predicted molar refractivity (Wildman–Crippen MR) is 59.6 cm³/mol. The van der Waals surface area contributed by atoms with Crippen LogP contribution < -0.4 is 10.5 Å². The standard InChI is InChI=1S/C11H15FN2O2/c1-14(2)11(15)5-6-16-10-7-8(12)3-4-9(10)13/h3-4,7H,5-6,13H2,1-2H3. The molecular weight excluding hydrogens is 211 g/mol. The molecule has 0 saturated carbocycles. The molecule has 0 radical (unpaired) electrons. The number of nitrogen functional groups attached to an aromatic ring is 1. The van der Waals surface area contributed by atoms with E-state index < -0.39 is 5.82 Å². The monoisotopic (exact) mass is 226 g/mol. The van der Waals surface area contributed by atoms with Crippen LogP contribution in [0.1, 0.15) is 6.42 Å². The second-order valence-electron chi connectivity index (χ2n) is 3.57. The maximum Gasteiger partial charge on any atom is 0.225 e. The number of hydrogen-bond acceptors (Lipinski definition) is 3. The Morgan fingerprint density at radius 2 is 2.19 bits per heavy atom. The number of anilines is 1. The number of amides is 1. The van der Waals surface area contributed by atoms with Gasteiger partial charge >= 0.3 is 0 Å². The van der Waals surface area contributed by atoms with Gasteiger partial charge in [-0.25, -0.2) is 4.39 Å². The molecule has 0 bridgehead atoms. The number of ether oxygens (including phenoxy) is 1. The summed E-state index contributed by atoms with van der Waals surface area (Å²) < 4.78 is 18.1. The van der Waals surface area contributed by atoms with E-state index in [4.69, 9.17) is 10.5 Å². The highest BCUT2D eigenvalue weighted by Crippen LogP contribution is 2.21. The highest BCUT2D eigenvalue weighted by Gasteiger charge is 2.06. The Labute approximate surface area is 93.8 Å². The van der Waals surface area contributed by atoms with E-state index in [0.717, 1.165) is 0 Å². The van der Waals surface area contributed by atoms with E-state index >= 15 is 0 Å². The summed E-state index contributed by atoms with van der Waals surface area (Å²) in [6.45, 7) is 0.185. The molecule has 0 aromatic heterocycles. The topological polar surface area (TPSA) is 55.6 Å². The largest absolute Gasteiger partial charge is 0.491 e. The van der Waals surface area contributed by atoms with Crippen molar-refractivity contribution in [3.05, 3.63) is 24.0 Å². The van der Waals surface area contributed by atoms with Gasteiger partial charge in [0.2, 0.25) is 5.91 Å². The fourth-order valence-electron chi connectivity index (χ4n) is 1.11. The maximum atomic E-state index is 12.9. The molecule has 0 aliphatic heterocycles. The minimum absolute atomic E-state index is 0.0463. The number of hydrogen-bond donors (Lipinski definition) is 1. The Balaban J connectivity index is 2.49. The number of halogens is 1. The third-order valence-electron chi connectivity index (χ3n) is 2.05. The van der Waals surface area contributed by atoms with Crippen LogP contribution in [0.3, 0.4) is 0 Å².